The molecule has 0 aliphatic heterocycles. The molecule has 0 aliphatic carbocycles. The van der Waals surface area contributed by atoms with Gasteiger partial charge in [-0.1, -0.05) is 5.16 Å². The van der Waals surface area contributed by atoms with Crippen LogP contribution in [0, 0.1) is 0 Å². The van der Waals surface area contributed by atoms with E-state index in [9.17, 15) is 4.79 Å². The fraction of sp³-hybridized carbons (Fsp3) is 0.118. The number of fused-ring (bicyclic) bond motifs is 1. The number of rotatable bonds is 5. The van der Waals surface area contributed by atoms with Gasteiger partial charge in [0.05, 0.1) is 11.7 Å². The second-order valence-corrected chi connectivity index (χ2v) is 5.47. The summed E-state index contributed by atoms with van der Waals surface area (Å²) >= 11 is 0. The number of hydrogen-bond acceptors (Lipinski definition) is 6. The van der Waals surface area contributed by atoms with E-state index in [1.54, 1.807) is 30.7 Å². The van der Waals surface area contributed by atoms with Gasteiger partial charge in [-0.3, -0.25) is 14.9 Å². The van der Waals surface area contributed by atoms with Crippen LogP contribution in [0.15, 0.2) is 53.4 Å². The van der Waals surface area contributed by atoms with E-state index < -0.39 is 0 Å². The van der Waals surface area contributed by atoms with Crippen molar-refractivity contribution in [3.8, 4) is 11.4 Å². The molecule has 3 heterocycles. The van der Waals surface area contributed by atoms with Crippen molar-refractivity contribution in [2.75, 3.05) is 5.32 Å². The van der Waals surface area contributed by atoms with Gasteiger partial charge in [0.1, 0.15) is 0 Å². The highest BCUT2D eigenvalue weighted by molar-refractivity contribution is 5.93. The summed E-state index contributed by atoms with van der Waals surface area (Å²) in [5, 5.41) is 14.5. The summed E-state index contributed by atoms with van der Waals surface area (Å²) in [4.78, 5) is 20.3. The summed E-state index contributed by atoms with van der Waals surface area (Å²) in [5.74, 6) is 0.793. The van der Waals surface area contributed by atoms with Crippen molar-refractivity contribution in [3.05, 3.63) is 54.8 Å². The molecule has 25 heavy (non-hydrogen) atoms. The van der Waals surface area contributed by atoms with E-state index in [0.29, 0.717) is 18.1 Å². The minimum Gasteiger partial charge on any atom is -0.339 e. The van der Waals surface area contributed by atoms with Gasteiger partial charge in [-0.2, -0.15) is 10.1 Å². The lowest BCUT2D eigenvalue weighted by Gasteiger charge is -2.04. The number of nitrogens with zero attached hydrogens (tertiary/aromatic N) is 4. The largest absolute Gasteiger partial charge is 0.339 e. The van der Waals surface area contributed by atoms with Gasteiger partial charge in [-0.15, -0.1) is 0 Å². The van der Waals surface area contributed by atoms with Gasteiger partial charge in [0, 0.05) is 41.9 Å². The number of anilines is 1. The third kappa shape index (κ3) is 3.37. The first kappa shape index (κ1) is 15.0. The summed E-state index contributed by atoms with van der Waals surface area (Å²) in [5.41, 5.74) is 2.47. The van der Waals surface area contributed by atoms with Crippen LogP contribution >= 0.6 is 0 Å². The third-order valence-corrected chi connectivity index (χ3v) is 3.70. The smallest absolute Gasteiger partial charge is 0.227 e. The highest BCUT2D eigenvalue weighted by atomic mass is 16.5. The summed E-state index contributed by atoms with van der Waals surface area (Å²) in [6, 6.07) is 9.16. The lowest BCUT2D eigenvalue weighted by molar-refractivity contribution is -0.116. The van der Waals surface area contributed by atoms with Crippen LogP contribution in [0.3, 0.4) is 0 Å². The third-order valence-electron chi connectivity index (χ3n) is 3.70. The number of amides is 1. The van der Waals surface area contributed by atoms with E-state index in [4.69, 9.17) is 4.52 Å². The van der Waals surface area contributed by atoms with E-state index >= 15 is 0 Å². The average Bonchev–Trinajstić information content (AvgIpc) is 3.30. The molecule has 4 aromatic rings. The lowest BCUT2D eigenvalue weighted by Crippen LogP contribution is -2.12. The predicted octanol–water partition coefficient (Wildman–Crippen LogP) is 2.58. The van der Waals surface area contributed by atoms with Crippen LogP contribution in [0.1, 0.15) is 12.3 Å². The molecule has 0 bridgehead atoms. The molecule has 1 amide bonds. The van der Waals surface area contributed by atoms with Crippen LogP contribution in [0.25, 0.3) is 22.3 Å². The Morgan fingerprint density at radius 2 is 2.08 bits per heavy atom. The van der Waals surface area contributed by atoms with Crippen LogP contribution in [0.5, 0.6) is 0 Å². The Balaban J connectivity index is 1.36. The molecule has 0 radical (unpaired) electrons. The molecule has 4 rings (SSSR count). The fourth-order valence-electron chi connectivity index (χ4n) is 2.44. The number of pyridine rings is 1. The monoisotopic (exact) mass is 334 g/mol. The first-order valence-electron chi connectivity index (χ1n) is 7.74. The van der Waals surface area contributed by atoms with Crippen molar-refractivity contribution in [1.82, 2.24) is 25.3 Å². The van der Waals surface area contributed by atoms with Gasteiger partial charge in [0.2, 0.25) is 17.6 Å². The Kier molecular flexibility index (Phi) is 3.91. The molecule has 0 unspecified atom stereocenters. The zero-order valence-corrected chi connectivity index (χ0v) is 13.1. The van der Waals surface area contributed by atoms with Gasteiger partial charge in [-0.05, 0) is 30.3 Å². The molecule has 8 heteroatoms. The Morgan fingerprint density at radius 1 is 1.20 bits per heavy atom. The van der Waals surface area contributed by atoms with Crippen molar-refractivity contribution < 1.29 is 9.32 Å². The first-order valence-corrected chi connectivity index (χ1v) is 7.74. The molecule has 3 aromatic heterocycles. The van der Waals surface area contributed by atoms with E-state index in [1.807, 2.05) is 18.2 Å². The van der Waals surface area contributed by atoms with Gasteiger partial charge < -0.3 is 9.84 Å². The second-order valence-electron chi connectivity index (χ2n) is 5.47. The molecule has 8 nitrogen and oxygen atoms in total. The highest BCUT2D eigenvalue weighted by Crippen LogP contribution is 2.18. The second kappa shape index (κ2) is 6.52. The van der Waals surface area contributed by atoms with E-state index in [0.717, 1.165) is 22.2 Å². The summed E-state index contributed by atoms with van der Waals surface area (Å²) in [7, 11) is 0. The van der Waals surface area contributed by atoms with Crippen LogP contribution in [0.2, 0.25) is 0 Å². The van der Waals surface area contributed by atoms with Gasteiger partial charge in [0.15, 0.2) is 0 Å². The maximum Gasteiger partial charge on any atom is 0.227 e. The first-order chi connectivity index (χ1) is 12.3. The Bertz CT molecular complexity index is 1010. The SMILES string of the molecule is O=C(CCc1nc(-c2ccncc2)no1)Nc1ccc2[nH]ncc2c1. The lowest BCUT2D eigenvalue weighted by atomic mass is 10.2. The van der Waals surface area contributed by atoms with Crippen LogP contribution in [-0.2, 0) is 11.2 Å². The molecule has 0 atom stereocenters. The molecule has 1 aromatic carbocycles. The summed E-state index contributed by atoms with van der Waals surface area (Å²) < 4.78 is 5.19. The molecule has 0 fully saturated rings. The topological polar surface area (TPSA) is 110 Å². The molecule has 0 aliphatic rings. The summed E-state index contributed by atoms with van der Waals surface area (Å²) in [6.45, 7) is 0. The van der Waals surface area contributed by atoms with Gasteiger partial charge in [-0.25, -0.2) is 0 Å². The van der Waals surface area contributed by atoms with Crippen molar-refractivity contribution in [2.24, 2.45) is 0 Å². The number of H-pyrrole nitrogens is 1. The number of aryl methyl sites for hydroxylation is 1. The molecular formula is C17H14N6O2. The average molecular weight is 334 g/mol. The number of carbonyl (C=O) groups excluding carboxylic acids is 1. The zero-order valence-electron chi connectivity index (χ0n) is 13.1. The quantitative estimate of drug-likeness (QED) is 0.580. The molecular weight excluding hydrogens is 320 g/mol. The van der Waals surface area contributed by atoms with Crippen molar-refractivity contribution >= 4 is 22.5 Å². The molecule has 0 saturated heterocycles. The number of aromatic nitrogens is 5. The number of carbonyl (C=O) groups is 1. The van der Waals surface area contributed by atoms with E-state index in [2.05, 4.69) is 30.6 Å². The maximum absolute atomic E-state index is 12.1. The molecule has 0 spiro atoms. The Labute approximate surface area is 142 Å². The van der Waals surface area contributed by atoms with Crippen molar-refractivity contribution in [2.45, 2.75) is 12.8 Å². The highest BCUT2D eigenvalue weighted by Gasteiger charge is 2.11. The van der Waals surface area contributed by atoms with Crippen molar-refractivity contribution in [3.63, 3.8) is 0 Å². The van der Waals surface area contributed by atoms with Gasteiger partial charge in [0.25, 0.3) is 0 Å². The predicted molar refractivity (Wildman–Crippen MR) is 90.6 cm³/mol. The molecule has 2 N–H and O–H groups in total. The Morgan fingerprint density at radius 3 is 2.96 bits per heavy atom. The minimum atomic E-state index is -0.119. The van der Waals surface area contributed by atoms with Crippen molar-refractivity contribution in [1.29, 1.82) is 0 Å². The minimum absolute atomic E-state index is 0.119. The van der Waals surface area contributed by atoms with Gasteiger partial charge >= 0.3 is 0 Å². The number of aromatic amines is 1. The Hall–Kier alpha value is -3.55. The normalized spacial score (nSPS) is 10.9. The standard InChI is InChI=1S/C17H14N6O2/c24-15(20-13-1-2-14-12(9-13)10-19-22-14)3-4-16-21-17(23-25-16)11-5-7-18-8-6-11/h1-2,5-10H,3-4H2,(H,19,22)(H,20,24). The molecule has 124 valence electrons. The van der Waals surface area contributed by atoms with Crippen LogP contribution in [0.4, 0.5) is 5.69 Å². The summed E-state index contributed by atoms with van der Waals surface area (Å²) in [6.07, 6.45) is 5.66. The van der Waals surface area contributed by atoms with Crippen LogP contribution in [-0.4, -0.2) is 31.2 Å². The van der Waals surface area contributed by atoms with Crippen LogP contribution < -0.4 is 5.32 Å². The number of hydrogen-bond donors (Lipinski definition) is 2. The maximum atomic E-state index is 12.1. The van der Waals surface area contributed by atoms with E-state index in [-0.39, 0.29) is 12.3 Å². The fourth-order valence-corrected chi connectivity index (χ4v) is 2.44. The van der Waals surface area contributed by atoms with E-state index in [1.165, 1.54) is 0 Å². The zero-order chi connectivity index (χ0) is 17.1. The molecule has 0 saturated carbocycles. The number of nitrogens with one attached hydrogen (secondary N) is 2. The number of benzene rings is 1.